The van der Waals surface area contributed by atoms with Crippen molar-refractivity contribution in [2.24, 2.45) is 0 Å². The molecule has 0 aliphatic carbocycles. The second kappa shape index (κ2) is 7.03. The maximum Gasteiger partial charge on any atom is 0.195 e. The Morgan fingerprint density at radius 3 is 2.90 bits per heavy atom. The highest BCUT2D eigenvalue weighted by Crippen LogP contribution is 2.26. The minimum atomic E-state index is -0.0452. The van der Waals surface area contributed by atoms with Crippen LogP contribution < -0.4 is 4.90 Å². The summed E-state index contributed by atoms with van der Waals surface area (Å²) in [4.78, 5) is 7.64. The van der Waals surface area contributed by atoms with Crippen LogP contribution in [0.5, 0.6) is 0 Å². The van der Waals surface area contributed by atoms with Gasteiger partial charge in [-0.05, 0) is 6.92 Å². The van der Waals surface area contributed by atoms with Gasteiger partial charge in [-0.25, -0.2) is 4.98 Å². The van der Waals surface area contributed by atoms with E-state index < -0.39 is 0 Å². The SMILES string of the molecule is COCCN(c1nc2sccn2c1CO)C(C)COC. The molecular formula is C13H21N3O3S. The summed E-state index contributed by atoms with van der Waals surface area (Å²) in [6.45, 7) is 3.94. The van der Waals surface area contributed by atoms with Gasteiger partial charge in [0.2, 0.25) is 0 Å². The van der Waals surface area contributed by atoms with Gasteiger partial charge in [-0.2, -0.15) is 0 Å². The first-order chi connectivity index (χ1) is 9.72. The number of aromatic nitrogens is 2. The Hall–Kier alpha value is -1.15. The van der Waals surface area contributed by atoms with E-state index in [2.05, 4.69) is 16.8 Å². The monoisotopic (exact) mass is 299 g/mol. The minimum Gasteiger partial charge on any atom is -0.390 e. The van der Waals surface area contributed by atoms with Crippen molar-refractivity contribution in [3.05, 3.63) is 17.3 Å². The molecule has 0 saturated heterocycles. The van der Waals surface area contributed by atoms with Crippen LogP contribution in [-0.4, -0.2) is 54.5 Å². The van der Waals surface area contributed by atoms with Crippen molar-refractivity contribution < 1.29 is 14.6 Å². The highest BCUT2D eigenvalue weighted by Gasteiger charge is 2.22. The second-order valence-corrected chi connectivity index (χ2v) is 5.46. The van der Waals surface area contributed by atoms with Crippen LogP contribution in [0.25, 0.3) is 4.96 Å². The molecule has 6 nitrogen and oxygen atoms in total. The van der Waals surface area contributed by atoms with Gasteiger partial charge < -0.3 is 19.5 Å². The number of rotatable bonds is 8. The lowest BCUT2D eigenvalue weighted by molar-refractivity contribution is 0.170. The molecule has 2 heterocycles. The molecule has 0 amide bonds. The van der Waals surface area contributed by atoms with Crippen LogP contribution in [0.3, 0.4) is 0 Å². The predicted octanol–water partition coefficient (Wildman–Crippen LogP) is 1.38. The van der Waals surface area contributed by atoms with Crippen molar-refractivity contribution in [3.63, 3.8) is 0 Å². The molecule has 2 aromatic heterocycles. The molecule has 1 N–H and O–H groups in total. The summed E-state index contributed by atoms with van der Waals surface area (Å²) in [5, 5.41) is 11.6. The van der Waals surface area contributed by atoms with E-state index in [1.165, 1.54) is 0 Å². The Morgan fingerprint density at radius 1 is 1.45 bits per heavy atom. The van der Waals surface area contributed by atoms with Gasteiger partial charge in [0, 0.05) is 32.3 Å². The van der Waals surface area contributed by atoms with E-state index in [1.807, 2.05) is 16.0 Å². The van der Waals surface area contributed by atoms with Crippen molar-refractivity contribution in [2.75, 3.05) is 38.9 Å². The number of ether oxygens (including phenoxy) is 2. The van der Waals surface area contributed by atoms with E-state index >= 15 is 0 Å². The van der Waals surface area contributed by atoms with Gasteiger partial charge in [0.15, 0.2) is 10.8 Å². The Balaban J connectivity index is 2.35. The highest BCUT2D eigenvalue weighted by molar-refractivity contribution is 7.15. The molecule has 0 spiro atoms. The van der Waals surface area contributed by atoms with Gasteiger partial charge in [-0.3, -0.25) is 4.40 Å². The summed E-state index contributed by atoms with van der Waals surface area (Å²) in [5.74, 6) is 0.806. The summed E-state index contributed by atoms with van der Waals surface area (Å²) in [6, 6.07) is 0.157. The van der Waals surface area contributed by atoms with Gasteiger partial charge >= 0.3 is 0 Å². The van der Waals surface area contributed by atoms with E-state index in [1.54, 1.807) is 25.6 Å². The summed E-state index contributed by atoms with van der Waals surface area (Å²) < 4.78 is 12.3. The Kier molecular flexibility index (Phi) is 5.36. The number of aliphatic hydroxyl groups excluding tert-OH is 1. The Morgan fingerprint density at radius 2 is 2.25 bits per heavy atom. The molecule has 0 bridgehead atoms. The number of fused-ring (bicyclic) bond motifs is 1. The van der Waals surface area contributed by atoms with Crippen molar-refractivity contribution in [3.8, 4) is 0 Å². The molecule has 1 atom stereocenters. The third-order valence-electron chi connectivity index (χ3n) is 3.24. The van der Waals surface area contributed by atoms with Gasteiger partial charge in [0.25, 0.3) is 0 Å². The average Bonchev–Trinajstić information content (AvgIpc) is 2.99. The lowest BCUT2D eigenvalue weighted by atomic mass is 10.2. The molecule has 2 rings (SSSR count). The first-order valence-corrected chi connectivity index (χ1v) is 7.40. The third-order valence-corrected chi connectivity index (χ3v) is 3.99. The number of nitrogens with zero attached hydrogens (tertiary/aromatic N) is 3. The standard InChI is InChI=1S/C13H21N3O3S/c1-10(9-19-3)15(4-6-18-2)12-11(8-17)16-5-7-20-13(16)14-12/h5,7,10,17H,4,6,8-9H2,1-3H3. The molecule has 0 aliphatic heterocycles. The molecule has 20 heavy (non-hydrogen) atoms. The maximum absolute atomic E-state index is 9.66. The van der Waals surface area contributed by atoms with Crippen molar-refractivity contribution in [2.45, 2.75) is 19.6 Å². The molecule has 2 aromatic rings. The quantitative estimate of drug-likeness (QED) is 0.798. The molecule has 0 fully saturated rings. The maximum atomic E-state index is 9.66. The van der Waals surface area contributed by atoms with Gasteiger partial charge in [0.1, 0.15) is 0 Å². The lowest BCUT2D eigenvalue weighted by Gasteiger charge is -2.29. The van der Waals surface area contributed by atoms with E-state index in [0.29, 0.717) is 19.8 Å². The van der Waals surface area contributed by atoms with Crippen LogP contribution >= 0.6 is 11.3 Å². The lowest BCUT2D eigenvalue weighted by Crippen LogP contribution is -2.39. The van der Waals surface area contributed by atoms with E-state index in [9.17, 15) is 5.11 Å². The molecular weight excluding hydrogens is 278 g/mol. The Bertz CT molecular complexity index is 540. The van der Waals surface area contributed by atoms with Crippen molar-refractivity contribution >= 4 is 22.1 Å². The van der Waals surface area contributed by atoms with E-state index in [-0.39, 0.29) is 12.6 Å². The zero-order valence-corrected chi connectivity index (χ0v) is 12.9. The third kappa shape index (κ3) is 2.95. The van der Waals surface area contributed by atoms with E-state index in [4.69, 9.17) is 9.47 Å². The van der Waals surface area contributed by atoms with Gasteiger partial charge in [-0.15, -0.1) is 11.3 Å². The number of hydrogen-bond donors (Lipinski definition) is 1. The van der Waals surface area contributed by atoms with Gasteiger partial charge in [0.05, 0.1) is 31.6 Å². The molecule has 0 aliphatic rings. The van der Waals surface area contributed by atoms with Crippen LogP contribution in [0, 0.1) is 0 Å². The highest BCUT2D eigenvalue weighted by atomic mass is 32.1. The topological polar surface area (TPSA) is 59.2 Å². The largest absolute Gasteiger partial charge is 0.390 e. The van der Waals surface area contributed by atoms with Crippen molar-refractivity contribution in [1.29, 1.82) is 0 Å². The fourth-order valence-corrected chi connectivity index (χ4v) is 2.98. The number of methoxy groups -OCH3 is 2. The van der Waals surface area contributed by atoms with Gasteiger partial charge in [-0.1, -0.05) is 0 Å². The summed E-state index contributed by atoms with van der Waals surface area (Å²) >= 11 is 1.56. The Labute approximate surface area is 122 Å². The number of thiazole rings is 1. The fourth-order valence-electron chi connectivity index (χ4n) is 2.25. The predicted molar refractivity (Wildman–Crippen MR) is 79.6 cm³/mol. The molecule has 1 unspecified atom stereocenters. The first-order valence-electron chi connectivity index (χ1n) is 6.52. The second-order valence-electron chi connectivity index (χ2n) is 4.59. The normalized spacial score (nSPS) is 13.0. The molecule has 7 heteroatoms. The smallest absolute Gasteiger partial charge is 0.195 e. The fraction of sp³-hybridized carbons (Fsp3) is 0.615. The average molecular weight is 299 g/mol. The summed E-state index contributed by atoms with van der Waals surface area (Å²) in [5.41, 5.74) is 0.806. The molecule has 0 aromatic carbocycles. The van der Waals surface area contributed by atoms with Crippen LogP contribution in [0.4, 0.5) is 5.82 Å². The van der Waals surface area contributed by atoms with Crippen LogP contribution in [0.15, 0.2) is 11.6 Å². The van der Waals surface area contributed by atoms with E-state index in [0.717, 1.165) is 16.5 Å². The number of anilines is 1. The number of aliphatic hydroxyl groups is 1. The summed E-state index contributed by atoms with van der Waals surface area (Å²) in [7, 11) is 3.36. The minimum absolute atomic E-state index is 0.0452. The summed E-state index contributed by atoms with van der Waals surface area (Å²) in [6.07, 6.45) is 1.93. The van der Waals surface area contributed by atoms with Crippen LogP contribution in [-0.2, 0) is 16.1 Å². The van der Waals surface area contributed by atoms with Crippen molar-refractivity contribution in [1.82, 2.24) is 9.38 Å². The number of hydrogen-bond acceptors (Lipinski definition) is 6. The molecule has 112 valence electrons. The number of imidazole rings is 1. The molecule has 0 radical (unpaired) electrons. The van der Waals surface area contributed by atoms with Crippen LogP contribution in [0.1, 0.15) is 12.6 Å². The van der Waals surface area contributed by atoms with Crippen LogP contribution in [0.2, 0.25) is 0 Å². The molecule has 0 saturated carbocycles. The first kappa shape index (κ1) is 15.2. The zero-order chi connectivity index (χ0) is 14.5. The zero-order valence-electron chi connectivity index (χ0n) is 12.1.